The van der Waals surface area contributed by atoms with E-state index in [1.807, 2.05) is 0 Å². The Morgan fingerprint density at radius 2 is 2.07 bits per heavy atom. The van der Waals surface area contributed by atoms with Crippen LogP contribution in [-0.4, -0.2) is 25.8 Å². The molecule has 1 aliphatic rings. The van der Waals surface area contributed by atoms with Gasteiger partial charge in [-0.2, -0.15) is 0 Å². The molecule has 1 aliphatic carbocycles. The lowest BCUT2D eigenvalue weighted by atomic mass is 9.78. The van der Waals surface area contributed by atoms with Crippen LogP contribution in [0.25, 0.3) is 0 Å². The average molecular weight is 213 g/mol. The summed E-state index contributed by atoms with van der Waals surface area (Å²) in [4.78, 5) is 0. The van der Waals surface area contributed by atoms with Crippen LogP contribution in [0, 0.1) is 11.8 Å². The fourth-order valence-electron chi connectivity index (χ4n) is 2.55. The van der Waals surface area contributed by atoms with Gasteiger partial charge in [-0.1, -0.05) is 20.8 Å². The molecule has 1 saturated carbocycles. The van der Waals surface area contributed by atoms with Crippen molar-refractivity contribution in [3.8, 4) is 0 Å². The Balaban J connectivity index is 2.45. The van der Waals surface area contributed by atoms with E-state index in [4.69, 9.17) is 4.74 Å². The number of likely N-dealkylation sites (N-methyl/N-ethyl adjacent to an activating group) is 1. The normalized spacial score (nSPS) is 32.2. The predicted octanol–water partition coefficient (Wildman–Crippen LogP) is 2.83. The van der Waals surface area contributed by atoms with E-state index < -0.39 is 0 Å². The van der Waals surface area contributed by atoms with Crippen molar-refractivity contribution < 1.29 is 4.74 Å². The molecule has 1 N–H and O–H groups in total. The highest BCUT2D eigenvalue weighted by atomic mass is 16.5. The van der Waals surface area contributed by atoms with Gasteiger partial charge < -0.3 is 10.1 Å². The molecule has 0 aromatic rings. The first-order valence-electron chi connectivity index (χ1n) is 6.47. The molecule has 0 aliphatic heterocycles. The zero-order valence-corrected chi connectivity index (χ0v) is 10.8. The first-order chi connectivity index (χ1) is 7.19. The highest BCUT2D eigenvalue weighted by Gasteiger charge is 2.31. The summed E-state index contributed by atoms with van der Waals surface area (Å²) in [5.41, 5.74) is 0. The third-order valence-corrected chi connectivity index (χ3v) is 3.68. The van der Waals surface area contributed by atoms with Crippen molar-refractivity contribution in [2.45, 2.75) is 58.6 Å². The van der Waals surface area contributed by atoms with Gasteiger partial charge in [-0.3, -0.25) is 0 Å². The molecule has 3 unspecified atom stereocenters. The summed E-state index contributed by atoms with van der Waals surface area (Å²) in [5, 5.41) is 3.40. The summed E-state index contributed by atoms with van der Waals surface area (Å²) in [7, 11) is 2.06. The lowest BCUT2D eigenvalue weighted by molar-refractivity contribution is -0.0145. The molecule has 3 atom stereocenters. The van der Waals surface area contributed by atoms with Crippen molar-refractivity contribution in [2.24, 2.45) is 11.8 Å². The summed E-state index contributed by atoms with van der Waals surface area (Å²) in [6.07, 6.45) is 5.43. The van der Waals surface area contributed by atoms with E-state index in [2.05, 4.69) is 33.1 Å². The van der Waals surface area contributed by atoms with Crippen LogP contribution in [0.3, 0.4) is 0 Å². The van der Waals surface area contributed by atoms with Gasteiger partial charge in [-0.15, -0.1) is 0 Å². The van der Waals surface area contributed by atoms with Crippen LogP contribution in [-0.2, 0) is 4.74 Å². The van der Waals surface area contributed by atoms with Crippen molar-refractivity contribution >= 4 is 0 Å². The zero-order chi connectivity index (χ0) is 11.3. The van der Waals surface area contributed by atoms with Crippen LogP contribution >= 0.6 is 0 Å². The fraction of sp³-hybridized carbons (Fsp3) is 1.00. The van der Waals surface area contributed by atoms with Gasteiger partial charge in [-0.25, -0.2) is 0 Å². The molecular weight excluding hydrogens is 186 g/mol. The second kappa shape index (κ2) is 6.49. The largest absolute Gasteiger partial charge is 0.377 e. The van der Waals surface area contributed by atoms with E-state index in [1.54, 1.807) is 0 Å². The van der Waals surface area contributed by atoms with Gasteiger partial charge in [0, 0.05) is 12.6 Å². The number of ether oxygens (including phenoxy) is 1. The first kappa shape index (κ1) is 13.0. The molecule has 0 amide bonds. The third kappa shape index (κ3) is 3.76. The molecule has 0 aromatic carbocycles. The molecule has 0 radical (unpaired) electrons. The topological polar surface area (TPSA) is 21.3 Å². The first-order valence-corrected chi connectivity index (χ1v) is 6.47. The van der Waals surface area contributed by atoms with Crippen molar-refractivity contribution in [3.05, 3.63) is 0 Å². The molecule has 0 spiro atoms. The number of rotatable bonds is 5. The Morgan fingerprint density at radius 3 is 2.60 bits per heavy atom. The molecule has 0 bridgehead atoms. The third-order valence-electron chi connectivity index (χ3n) is 3.68. The second-order valence-corrected chi connectivity index (χ2v) is 5.12. The van der Waals surface area contributed by atoms with E-state index in [1.165, 1.54) is 19.3 Å². The Hall–Kier alpha value is -0.0800. The highest BCUT2D eigenvalue weighted by Crippen LogP contribution is 2.31. The van der Waals surface area contributed by atoms with Gasteiger partial charge in [0.05, 0.1) is 6.10 Å². The monoisotopic (exact) mass is 213 g/mol. The van der Waals surface area contributed by atoms with Gasteiger partial charge in [0.2, 0.25) is 0 Å². The summed E-state index contributed by atoms with van der Waals surface area (Å²) in [6.45, 7) is 7.76. The van der Waals surface area contributed by atoms with Gasteiger partial charge >= 0.3 is 0 Å². The maximum atomic E-state index is 5.95. The second-order valence-electron chi connectivity index (χ2n) is 5.12. The average Bonchev–Trinajstić information content (AvgIpc) is 2.25. The lowest BCUT2D eigenvalue weighted by Crippen LogP contribution is -2.45. The predicted molar refractivity (Wildman–Crippen MR) is 65.1 cm³/mol. The van der Waals surface area contributed by atoms with Gasteiger partial charge in [0.1, 0.15) is 0 Å². The van der Waals surface area contributed by atoms with Crippen LogP contribution in [0.2, 0.25) is 0 Å². The standard InChI is InChI=1S/C13H27NO/c1-5-8-15-13-9-11(10(2)3)6-7-12(13)14-4/h10-14H,5-9H2,1-4H3. The van der Waals surface area contributed by atoms with E-state index in [-0.39, 0.29) is 0 Å². The van der Waals surface area contributed by atoms with E-state index in [0.717, 1.165) is 24.9 Å². The summed E-state index contributed by atoms with van der Waals surface area (Å²) in [5.74, 6) is 1.66. The quantitative estimate of drug-likeness (QED) is 0.758. The fourth-order valence-corrected chi connectivity index (χ4v) is 2.55. The van der Waals surface area contributed by atoms with Crippen LogP contribution in [0.1, 0.15) is 46.5 Å². The molecule has 1 fully saturated rings. The van der Waals surface area contributed by atoms with Crippen molar-refractivity contribution in [1.29, 1.82) is 0 Å². The van der Waals surface area contributed by atoms with Gasteiger partial charge in [-0.05, 0) is 44.6 Å². The van der Waals surface area contributed by atoms with E-state index in [0.29, 0.717) is 12.1 Å². The van der Waals surface area contributed by atoms with Gasteiger partial charge in [0.15, 0.2) is 0 Å². The summed E-state index contributed by atoms with van der Waals surface area (Å²) >= 11 is 0. The Bertz CT molecular complexity index is 170. The summed E-state index contributed by atoms with van der Waals surface area (Å²) in [6, 6.07) is 0.576. The number of hydrogen-bond donors (Lipinski definition) is 1. The summed E-state index contributed by atoms with van der Waals surface area (Å²) < 4.78 is 5.95. The lowest BCUT2D eigenvalue weighted by Gasteiger charge is -2.37. The van der Waals surface area contributed by atoms with Crippen molar-refractivity contribution in [1.82, 2.24) is 5.32 Å². The molecular formula is C13H27NO. The van der Waals surface area contributed by atoms with Crippen molar-refractivity contribution in [3.63, 3.8) is 0 Å². The smallest absolute Gasteiger partial charge is 0.0730 e. The minimum absolute atomic E-state index is 0.441. The molecule has 0 saturated heterocycles. The minimum Gasteiger partial charge on any atom is -0.377 e. The minimum atomic E-state index is 0.441. The zero-order valence-electron chi connectivity index (χ0n) is 10.8. The Kier molecular flexibility index (Phi) is 5.62. The molecule has 0 heterocycles. The maximum Gasteiger partial charge on any atom is 0.0730 e. The maximum absolute atomic E-state index is 5.95. The molecule has 15 heavy (non-hydrogen) atoms. The van der Waals surface area contributed by atoms with E-state index >= 15 is 0 Å². The van der Waals surface area contributed by atoms with Crippen LogP contribution in [0.5, 0.6) is 0 Å². The molecule has 2 nitrogen and oxygen atoms in total. The van der Waals surface area contributed by atoms with Crippen LogP contribution in [0.15, 0.2) is 0 Å². The number of hydrogen-bond acceptors (Lipinski definition) is 2. The number of nitrogens with one attached hydrogen (secondary N) is 1. The van der Waals surface area contributed by atoms with Gasteiger partial charge in [0.25, 0.3) is 0 Å². The van der Waals surface area contributed by atoms with Crippen LogP contribution < -0.4 is 5.32 Å². The van der Waals surface area contributed by atoms with Crippen molar-refractivity contribution in [2.75, 3.05) is 13.7 Å². The molecule has 0 aromatic heterocycles. The molecule has 2 heteroatoms. The SMILES string of the molecule is CCCOC1CC(C(C)C)CCC1NC. The Morgan fingerprint density at radius 1 is 1.33 bits per heavy atom. The highest BCUT2D eigenvalue weighted by molar-refractivity contribution is 4.85. The molecule has 1 rings (SSSR count). The molecule has 90 valence electrons. The Labute approximate surface area is 94.8 Å². The van der Waals surface area contributed by atoms with E-state index in [9.17, 15) is 0 Å². The van der Waals surface area contributed by atoms with Crippen LogP contribution in [0.4, 0.5) is 0 Å².